The van der Waals surface area contributed by atoms with Crippen molar-refractivity contribution in [1.29, 1.82) is 0 Å². The zero-order valence-electron chi connectivity index (χ0n) is 16.8. The summed E-state index contributed by atoms with van der Waals surface area (Å²) in [7, 11) is 1.76. The molecule has 3 aromatic heterocycles. The SMILES string of the molecule is Cn1cncc1C(=O)Nc1ccc2c(-c3ccccc3)nn(-c3nc(OC=O)cs3)c2c1. The van der Waals surface area contributed by atoms with E-state index in [9.17, 15) is 9.59 Å². The number of aromatic nitrogens is 5. The summed E-state index contributed by atoms with van der Waals surface area (Å²) in [6.45, 7) is 0.335. The Balaban J connectivity index is 1.61. The Bertz CT molecular complexity index is 1440. The van der Waals surface area contributed by atoms with Crippen LogP contribution in [0.25, 0.3) is 27.3 Å². The summed E-state index contributed by atoms with van der Waals surface area (Å²) in [5.41, 5.74) is 3.52. The van der Waals surface area contributed by atoms with Crippen molar-refractivity contribution in [3.05, 3.63) is 72.1 Å². The molecule has 0 aliphatic heterocycles. The third-order valence-corrected chi connectivity index (χ3v) is 5.65. The number of benzene rings is 2. The average Bonchev–Trinajstić information content (AvgIpc) is 3.53. The number of imidazole rings is 1. The number of nitrogens with one attached hydrogen (secondary N) is 1. The van der Waals surface area contributed by atoms with Gasteiger partial charge in [0.1, 0.15) is 11.4 Å². The van der Waals surface area contributed by atoms with Crippen molar-refractivity contribution in [2.45, 2.75) is 0 Å². The van der Waals surface area contributed by atoms with Crippen molar-refractivity contribution < 1.29 is 14.3 Å². The van der Waals surface area contributed by atoms with Crippen LogP contribution in [-0.4, -0.2) is 36.7 Å². The number of nitrogens with zero attached hydrogens (tertiary/aromatic N) is 5. The molecule has 0 unspecified atom stereocenters. The van der Waals surface area contributed by atoms with E-state index >= 15 is 0 Å². The minimum absolute atomic E-state index is 0.200. The molecule has 0 radical (unpaired) electrons. The summed E-state index contributed by atoms with van der Waals surface area (Å²) in [5, 5.41) is 10.7. The Kier molecular flexibility index (Phi) is 4.96. The first-order chi connectivity index (χ1) is 15.6. The number of hydrogen-bond donors (Lipinski definition) is 1. The second kappa shape index (κ2) is 8.08. The lowest BCUT2D eigenvalue weighted by atomic mass is 10.1. The fourth-order valence-corrected chi connectivity index (χ4v) is 4.07. The molecule has 1 N–H and O–H groups in total. The summed E-state index contributed by atoms with van der Waals surface area (Å²) in [6, 6.07) is 15.4. The molecule has 1 amide bonds. The van der Waals surface area contributed by atoms with E-state index in [4.69, 9.17) is 9.84 Å². The van der Waals surface area contributed by atoms with Crippen molar-refractivity contribution in [1.82, 2.24) is 24.3 Å². The zero-order chi connectivity index (χ0) is 22.1. The summed E-state index contributed by atoms with van der Waals surface area (Å²) < 4.78 is 8.18. The van der Waals surface area contributed by atoms with Gasteiger partial charge in [0.15, 0.2) is 0 Å². The molecule has 0 aliphatic carbocycles. The van der Waals surface area contributed by atoms with Crippen LogP contribution >= 0.6 is 11.3 Å². The normalized spacial score (nSPS) is 10.9. The highest BCUT2D eigenvalue weighted by Gasteiger charge is 2.18. The maximum absolute atomic E-state index is 12.6. The summed E-state index contributed by atoms with van der Waals surface area (Å²) in [5.74, 6) is -0.0693. The predicted molar refractivity (Wildman–Crippen MR) is 120 cm³/mol. The number of rotatable bonds is 6. The molecule has 3 heterocycles. The fourth-order valence-electron chi connectivity index (χ4n) is 3.37. The molecule has 32 heavy (non-hydrogen) atoms. The van der Waals surface area contributed by atoms with Gasteiger partial charge in [-0.3, -0.25) is 9.59 Å². The topological polar surface area (TPSA) is 104 Å². The molecular weight excluding hydrogens is 428 g/mol. The van der Waals surface area contributed by atoms with Gasteiger partial charge in [-0.25, -0.2) is 9.67 Å². The fraction of sp³-hybridized carbons (Fsp3) is 0.0455. The number of amides is 1. The van der Waals surface area contributed by atoms with E-state index in [-0.39, 0.29) is 11.8 Å². The minimum Gasteiger partial charge on any atom is -0.409 e. The molecule has 9 nitrogen and oxygen atoms in total. The first-order valence-electron chi connectivity index (χ1n) is 9.56. The molecule has 2 aromatic carbocycles. The maximum Gasteiger partial charge on any atom is 0.299 e. The molecule has 0 saturated carbocycles. The molecular formula is C22H16N6O3S. The third kappa shape index (κ3) is 3.52. The van der Waals surface area contributed by atoms with E-state index in [0.717, 1.165) is 22.2 Å². The molecule has 5 rings (SSSR count). The van der Waals surface area contributed by atoms with Gasteiger partial charge in [-0.15, -0.1) is 0 Å². The summed E-state index contributed by atoms with van der Waals surface area (Å²) in [4.78, 5) is 31.6. The average molecular weight is 444 g/mol. The predicted octanol–water partition coefficient (Wildman–Crippen LogP) is 3.67. The highest BCUT2D eigenvalue weighted by Crippen LogP contribution is 2.33. The van der Waals surface area contributed by atoms with E-state index in [1.54, 1.807) is 28.0 Å². The molecule has 0 atom stereocenters. The molecule has 158 valence electrons. The van der Waals surface area contributed by atoms with Crippen LogP contribution in [0.2, 0.25) is 0 Å². The Morgan fingerprint density at radius 2 is 2.03 bits per heavy atom. The van der Waals surface area contributed by atoms with Crippen LogP contribution in [0.4, 0.5) is 5.69 Å². The van der Waals surface area contributed by atoms with E-state index < -0.39 is 0 Å². The summed E-state index contributed by atoms with van der Waals surface area (Å²) >= 11 is 1.29. The van der Waals surface area contributed by atoms with Gasteiger partial charge >= 0.3 is 0 Å². The van der Waals surface area contributed by atoms with E-state index in [2.05, 4.69) is 15.3 Å². The van der Waals surface area contributed by atoms with Gasteiger partial charge in [0, 0.05) is 23.7 Å². The van der Waals surface area contributed by atoms with Crippen molar-refractivity contribution >= 4 is 40.3 Å². The Morgan fingerprint density at radius 1 is 1.19 bits per heavy atom. The lowest BCUT2D eigenvalue weighted by Gasteiger charge is -2.06. The number of fused-ring (bicyclic) bond motifs is 1. The minimum atomic E-state index is -0.269. The van der Waals surface area contributed by atoms with Gasteiger partial charge in [-0.2, -0.15) is 10.1 Å². The highest BCUT2D eigenvalue weighted by molar-refractivity contribution is 7.12. The number of carbonyl (C=O) groups excluding carboxylic acids is 2. The molecule has 0 fully saturated rings. The zero-order valence-corrected chi connectivity index (χ0v) is 17.6. The van der Waals surface area contributed by atoms with E-state index in [1.165, 1.54) is 17.5 Å². The maximum atomic E-state index is 12.6. The summed E-state index contributed by atoms with van der Waals surface area (Å²) in [6.07, 6.45) is 3.08. The van der Waals surface area contributed by atoms with Crippen LogP contribution in [0.5, 0.6) is 5.88 Å². The Morgan fingerprint density at radius 3 is 2.78 bits per heavy atom. The molecule has 0 saturated heterocycles. The lowest BCUT2D eigenvalue weighted by molar-refractivity contribution is -0.120. The van der Waals surface area contributed by atoms with Crippen LogP contribution in [0, 0.1) is 0 Å². The largest absolute Gasteiger partial charge is 0.409 e. The monoisotopic (exact) mass is 444 g/mol. The standard InChI is InChI=1S/C22H16N6O3S/c1-27-12-23-10-18(27)21(30)24-15-7-8-16-17(9-15)28(22-25-19(11-32-22)31-13-29)26-20(16)14-5-3-2-4-6-14/h2-13H,1H3,(H,24,30). The molecule has 0 aliphatic rings. The second-order valence-corrected chi connectivity index (χ2v) is 7.72. The van der Waals surface area contributed by atoms with Crippen molar-refractivity contribution in [2.24, 2.45) is 7.05 Å². The van der Waals surface area contributed by atoms with Crippen LogP contribution in [0.1, 0.15) is 10.5 Å². The lowest BCUT2D eigenvalue weighted by Crippen LogP contribution is -2.15. The first kappa shape index (κ1) is 19.6. The second-order valence-electron chi connectivity index (χ2n) is 6.88. The smallest absolute Gasteiger partial charge is 0.299 e. The Labute approximate surface area is 185 Å². The molecule has 0 bridgehead atoms. The van der Waals surface area contributed by atoms with Gasteiger partial charge in [-0.1, -0.05) is 41.7 Å². The molecule has 10 heteroatoms. The van der Waals surface area contributed by atoms with Crippen molar-refractivity contribution in [3.63, 3.8) is 0 Å². The van der Waals surface area contributed by atoms with Gasteiger partial charge < -0.3 is 14.6 Å². The van der Waals surface area contributed by atoms with E-state index in [1.807, 2.05) is 48.5 Å². The van der Waals surface area contributed by atoms with Gasteiger partial charge in [0.25, 0.3) is 12.4 Å². The molecule has 0 spiro atoms. The molecule has 5 aromatic rings. The van der Waals surface area contributed by atoms with Crippen LogP contribution in [-0.2, 0) is 11.8 Å². The van der Waals surface area contributed by atoms with Gasteiger partial charge in [0.05, 0.1) is 23.4 Å². The first-order valence-corrected chi connectivity index (χ1v) is 10.4. The van der Waals surface area contributed by atoms with Gasteiger partial charge in [-0.05, 0) is 18.2 Å². The van der Waals surface area contributed by atoms with Crippen LogP contribution in [0.3, 0.4) is 0 Å². The number of aryl methyl sites for hydroxylation is 1. The van der Waals surface area contributed by atoms with Crippen LogP contribution < -0.4 is 10.1 Å². The van der Waals surface area contributed by atoms with Crippen molar-refractivity contribution in [3.8, 4) is 22.3 Å². The number of carbonyl (C=O) groups is 2. The number of ether oxygens (including phenoxy) is 1. The van der Waals surface area contributed by atoms with Crippen molar-refractivity contribution in [2.75, 3.05) is 5.32 Å². The third-order valence-electron chi connectivity index (χ3n) is 4.86. The van der Waals surface area contributed by atoms with Gasteiger partial charge in [0.2, 0.25) is 11.0 Å². The highest BCUT2D eigenvalue weighted by atomic mass is 32.1. The number of thiazole rings is 1. The number of anilines is 1. The number of hydrogen-bond acceptors (Lipinski definition) is 7. The van der Waals surface area contributed by atoms with Crippen LogP contribution in [0.15, 0.2) is 66.4 Å². The quantitative estimate of drug-likeness (QED) is 0.401. The Hall–Kier alpha value is -4.31. The van der Waals surface area contributed by atoms with E-state index in [0.29, 0.717) is 23.0 Å².